The first-order valence-corrected chi connectivity index (χ1v) is 15.8. The predicted molar refractivity (Wildman–Crippen MR) is 187 cm³/mol. The summed E-state index contributed by atoms with van der Waals surface area (Å²) < 4.78 is 11.2. The van der Waals surface area contributed by atoms with Gasteiger partial charge >= 0.3 is 0 Å². The Balaban J connectivity index is 1.27. The SMILES string of the molecule is c1ccc(-c2nc(-c3ccc4oc5ccc6sc7ccccc7c6c5c4c3)cc(-n3c4ccccc4c4ccccc43)n2)cc1. The van der Waals surface area contributed by atoms with Crippen LogP contribution in [0.2, 0.25) is 0 Å². The first kappa shape index (κ1) is 24.6. The summed E-state index contributed by atoms with van der Waals surface area (Å²) in [7, 11) is 0. The maximum Gasteiger partial charge on any atom is 0.162 e. The molecule has 4 aromatic heterocycles. The van der Waals surface area contributed by atoms with Gasteiger partial charge in [-0.15, -0.1) is 11.3 Å². The Morgan fingerprint density at radius 2 is 1.18 bits per heavy atom. The summed E-state index contributed by atoms with van der Waals surface area (Å²) in [6, 6.07) is 48.7. The molecule has 0 amide bonds. The van der Waals surface area contributed by atoms with Crippen molar-refractivity contribution < 1.29 is 4.42 Å². The number of hydrogen-bond donors (Lipinski definition) is 0. The van der Waals surface area contributed by atoms with Gasteiger partial charge in [0.2, 0.25) is 0 Å². The maximum absolute atomic E-state index is 6.41. The third-order valence-corrected chi connectivity index (χ3v) is 9.96. The van der Waals surface area contributed by atoms with E-state index >= 15 is 0 Å². The van der Waals surface area contributed by atoms with E-state index in [2.05, 4.69) is 126 Å². The molecule has 0 radical (unpaired) electrons. The standard InChI is InChI=1S/C40H23N3OS/c1-2-10-24(11-3-1)40-41-30(23-37(42-40)43-31-15-7-4-12-26(31)27-13-5-8-16-32(27)43)25-18-19-33-29(22-25)38-34(44-33)20-21-36-39(38)28-14-6-9-17-35(28)45-36/h1-23H. The molecule has 0 N–H and O–H groups in total. The summed E-state index contributed by atoms with van der Waals surface area (Å²) in [6.07, 6.45) is 0. The molecule has 4 nitrogen and oxygen atoms in total. The Hall–Kier alpha value is -5.78. The summed E-state index contributed by atoms with van der Waals surface area (Å²) in [4.78, 5) is 10.3. The third-order valence-electron chi connectivity index (χ3n) is 8.82. The molecule has 0 fully saturated rings. The van der Waals surface area contributed by atoms with Crippen LogP contribution in [0.25, 0.3) is 92.4 Å². The number of hydrogen-bond acceptors (Lipinski definition) is 4. The summed E-state index contributed by atoms with van der Waals surface area (Å²) in [5.74, 6) is 1.52. The minimum atomic E-state index is 0.688. The van der Waals surface area contributed by atoms with Crippen molar-refractivity contribution in [2.45, 2.75) is 0 Å². The first-order chi connectivity index (χ1) is 22.3. The van der Waals surface area contributed by atoms with E-state index in [0.29, 0.717) is 5.82 Å². The van der Waals surface area contributed by atoms with Crippen molar-refractivity contribution in [3.63, 3.8) is 0 Å². The van der Waals surface area contributed by atoms with E-state index in [1.165, 1.54) is 30.9 Å². The molecule has 0 aliphatic heterocycles. The van der Waals surface area contributed by atoms with Gasteiger partial charge in [-0.1, -0.05) is 84.9 Å². The second kappa shape index (κ2) is 9.36. The van der Waals surface area contributed by atoms with E-state index in [1.807, 2.05) is 29.5 Å². The molecule has 10 rings (SSSR count). The van der Waals surface area contributed by atoms with Crippen LogP contribution >= 0.6 is 11.3 Å². The summed E-state index contributed by atoms with van der Waals surface area (Å²) in [5.41, 5.74) is 6.86. The number of furan rings is 1. The van der Waals surface area contributed by atoms with Gasteiger partial charge in [-0.2, -0.15) is 0 Å². The van der Waals surface area contributed by atoms with Crippen LogP contribution in [0.1, 0.15) is 0 Å². The van der Waals surface area contributed by atoms with Crippen LogP contribution in [0.3, 0.4) is 0 Å². The highest BCUT2D eigenvalue weighted by Crippen LogP contribution is 2.43. The molecule has 10 aromatic rings. The third kappa shape index (κ3) is 3.65. The lowest BCUT2D eigenvalue weighted by atomic mass is 10.0. The van der Waals surface area contributed by atoms with E-state index in [9.17, 15) is 0 Å². The number of aromatic nitrogens is 3. The summed E-state index contributed by atoms with van der Waals surface area (Å²) in [5, 5.41) is 7.17. The van der Waals surface area contributed by atoms with Crippen molar-refractivity contribution in [2.75, 3.05) is 0 Å². The molecule has 0 saturated carbocycles. The predicted octanol–water partition coefficient (Wildman–Crippen LogP) is 11.2. The molecule has 45 heavy (non-hydrogen) atoms. The molecule has 0 spiro atoms. The normalized spacial score (nSPS) is 12.0. The molecule has 210 valence electrons. The molecule has 0 atom stereocenters. The van der Waals surface area contributed by atoms with Gasteiger partial charge in [-0.05, 0) is 48.5 Å². The van der Waals surface area contributed by atoms with Gasteiger partial charge in [0.1, 0.15) is 17.0 Å². The van der Waals surface area contributed by atoms with Crippen molar-refractivity contribution in [3.05, 3.63) is 140 Å². The largest absolute Gasteiger partial charge is 0.456 e. The van der Waals surface area contributed by atoms with Gasteiger partial charge in [0.05, 0.1) is 16.7 Å². The fraction of sp³-hybridized carbons (Fsp3) is 0. The molecule has 0 unspecified atom stereocenters. The maximum atomic E-state index is 6.41. The highest BCUT2D eigenvalue weighted by Gasteiger charge is 2.19. The van der Waals surface area contributed by atoms with Crippen LogP contribution < -0.4 is 0 Å². The molecule has 4 heterocycles. The van der Waals surface area contributed by atoms with Gasteiger partial charge < -0.3 is 4.42 Å². The fourth-order valence-corrected chi connectivity index (χ4v) is 7.94. The highest BCUT2D eigenvalue weighted by atomic mass is 32.1. The average Bonchev–Trinajstić information content (AvgIpc) is 3.77. The zero-order valence-electron chi connectivity index (χ0n) is 23.9. The van der Waals surface area contributed by atoms with E-state index in [1.54, 1.807) is 0 Å². The molecule has 6 aromatic carbocycles. The monoisotopic (exact) mass is 593 g/mol. The minimum absolute atomic E-state index is 0.688. The second-order valence-corrected chi connectivity index (χ2v) is 12.5. The van der Waals surface area contributed by atoms with Crippen molar-refractivity contribution in [1.82, 2.24) is 14.5 Å². The Kier molecular flexibility index (Phi) is 5.12. The number of thiophene rings is 1. The van der Waals surface area contributed by atoms with Crippen LogP contribution in [0.15, 0.2) is 144 Å². The number of para-hydroxylation sites is 2. The van der Waals surface area contributed by atoms with Crippen molar-refractivity contribution >= 4 is 75.3 Å². The molecule has 0 aliphatic rings. The lowest BCUT2D eigenvalue weighted by molar-refractivity contribution is 0.669. The Labute approximate surface area is 261 Å². The molecular formula is C40H23N3OS. The lowest BCUT2D eigenvalue weighted by Crippen LogP contribution is -2.02. The number of rotatable bonds is 3. The number of benzene rings is 6. The lowest BCUT2D eigenvalue weighted by Gasteiger charge is -2.12. The van der Waals surface area contributed by atoms with Crippen LogP contribution in [-0.2, 0) is 0 Å². The molecule has 0 saturated heterocycles. The van der Waals surface area contributed by atoms with E-state index in [-0.39, 0.29) is 0 Å². The summed E-state index contributed by atoms with van der Waals surface area (Å²) in [6.45, 7) is 0. The zero-order chi connectivity index (χ0) is 29.5. The van der Waals surface area contributed by atoms with Crippen LogP contribution in [0, 0.1) is 0 Å². The van der Waals surface area contributed by atoms with Crippen LogP contribution in [0.5, 0.6) is 0 Å². The van der Waals surface area contributed by atoms with Gasteiger partial charge in [0.15, 0.2) is 5.82 Å². The fourth-order valence-electron chi connectivity index (χ4n) is 6.82. The first-order valence-electron chi connectivity index (χ1n) is 15.0. The summed E-state index contributed by atoms with van der Waals surface area (Å²) >= 11 is 1.83. The Morgan fingerprint density at radius 3 is 1.98 bits per heavy atom. The van der Waals surface area contributed by atoms with Crippen LogP contribution in [-0.4, -0.2) is 14.5 Å². The van der Waals surface area contributed by atoms with Crippen molar-refractivity contribution in [2.24, 2.45) is 0 Å². The Bertz CT molecular complexity index is 2720. The smallest absolute Gasteiger partial charge is 0.162 e. The second-order valence-electron chi connectivity index (χ2n) is 11.4. The topological polar surface area (TPSA) is 43.9 Å². The molecule has 0 bridgehead atoms. The van der Waals surface area contributed by atoms with Gasteiger partial charge in [-0.25, -0.2) is 9.97 Å². The van der Waals surface area contributed by atoms with Crippen molar-refractivity contribution in [1.29, 1.82) is 0 Å². The van der Waals surface area contributed by atoms with Crippen molar-refractivity contribution in [3.8, 4) is 28.5 Å². The number of nitrogens with zero attached hydrogens (tertiary/aromatic N) is 3. The van der Waals surface area contributed by atoms with Gasteiger partial charge in [0, 0.05) is 58.9 Å². The number of fused-ring (bicyclic) bond motifs is 10. The van der Waals surface area contributed by atoms with Gasteiger partial charge in [-0.3, -0.25) is 4.57 Å². The van der Waals surface area contributed by atoms with E-state index in [4.69, 9.17) is 14.4 Å². The van der Waals surface area contributed by atoms with Crippen LogP contribution in [0.4, 0.5) is 0 Å². The molecule has 5 heteroatoms. The Morgan fingerprint density at radius 1 is 0.489 bits per heavy atom. The van der Waals surface area contributed by atoms with E-state index < -0.39 is 0 Å². The molecular weight excluding hydrogens is 571 g/mol. The quantitative estimate of drug-likeness (QED) is 0.205. The van der Waals surface area contributed by atoms with E-state index in [0.717, 1.165) is 55.6 Å². The zero-order valence-corrected chi connectivity index (χ0v) is 24.8. The minimum Gasteiger partial charge on any atom is -0.456 e. The highest BCUT2D eigenvalue weighted by molar-refractivity contribution is 7.26. The molecule has 0 aliphatic carbocycles. The van der Waals surface area contributed by atoms with Gasteiger partial charge in [0.25, 0.3) is 0 Å². The average molecular weight is 594 g/mol.